The van der Waals surface area contributed by atoms with Crippen molar-refractivity contribution in [1.82, 2.24) is 0 Å². The van der Waals surface area contributed by atoms with E-state index in [2.05, 4.69) is 0 Å². The van der Waals surface area contributed by atoms with Crippen LogP contribution >= 0.6 is 0 Å². The molecule has 0 saturated carbocycles. The van der Waals surface area contributed by atoms with E-state index in [-0.39, 0.29) is 12.2 Å². The number of rotatable bonds is 7. The lowest BCUT2D eigenvalue weighted by atomic mass is 10.0. The van der Waals surface area contributed by atoms with Crippen molar-refractivity contribution in [1.29, 1.82) is 5.41 Å². The highest BCUT2D eigenvalue weighted by molar-refractivity contribution is 5.97. The molecule has 0 radical (unpaired) electrons. The van der Waals surface area contributed by atoms with E-state index in [0.717, 1.165) is 18.9 Å². The van der Waals surface area contributed by atoms with Crippen molar-refractivity contribution in [2.45, 2.75) is 25.4 Å². The molecular formula is C14H20F3N3O. The van der Waals surface area contributed by atoms with Gasteiger partial charge in [0.2, 0.25) is 0 Å². The zero-order valence-corrected chi connectivity index (χ0v) is 11.9. The third-order valence-corrected chi connectivity index (χ3v) is 3.19. The van der Waals surface area contributed by atoms with Crippen molar-refractivity contribution in [2.75, 3.05) is 25.1 Å². The van der Waals surface area contributed by atoms with Gasteiger partial charge in [-0.05, 0) is 37.5 Å². The van der Waals surface area contributed by atoms with Gasteiger partial charge in [-0.15, -0.1) is 0 Å². The molecule has 0 amide bonds. The number of nitrogen functional groups attached to an aromatic ring is 1. The molecule has 0 fully saturated rings. The molecule has 0 aliphatic heterocycles. The first-order valence-corrected chi connectivity index (χ1v) is 6.65. The Bertz CT molecular complexity index is 489. The molecular weight excluding hydrogens is 283 g/mol. The van der Waals surface area contributed by atoms with E-state index in [1.165, 1.54) is 12.1 Å². The second-order valence-electron chi connectivity index (χ2n) is 4.85. The molecule has 0 bridgehead atoms. The predicted molar refractivity (Wildman–Crippen MR) is 76.7 cm³/mol. The van der Waals surface area contributed by atoms with Crippen LogP contribution in [0.1, 0.15) is 30.4 Å². The average molecular weight is 303 g/mol. The molecule has 7 heteroatoms. The van der Waals surface area contributed by atoms with Crippen LogP contribution in [-0.4, -0.2) is 31.1 Å². The molecule has 1 rings (SSSR count). The molecule has 4 N–H and O–H groups in total. The van der Waals surface area contributed by atoms with E-state index in [1.807, 2.05) is 0 Å². The standard InChI is InChI=1S/C14H20F3N3O/c1-20(7-3-2-4-8-21)10-5-6-11(13(18)19)12(9-10)14(15,16)17/h5-6,9,21H,2-4,7-8H2,1H3,(H3,18,19). The van der Waals surface area contributed by atoms with Crippen LogP contribution in [0.4, 0.5) is 18.9 Å². The number of halogens is 3. The zero-order chi connectivity index (χ0) is 16.0. The van der Waals surface area contributed by atoms with E-state index in [0.29, 0.717) is 18.7 Å². The van der Waals surface area contributed by atoms with Gasteiger partial charge in [-0.2, -0.15) is 13.2 Å². The van der Waals surface area contributed by atoms with Crippen molar-refractivity contribution in [3.05, 3.63) is 29.3 Å². The molecule has 21 heavy (non-hydrogen) atoms. The predicted octanol–water partition coefficient (Wildman–Crippen LogP) is 2.59. The summed E-state index contributed by atoms with van der Waals surface area (Å²) in [6, 6.07) is 3.77. The molecule has 118 valence electrons. The minimum atomic E-state index is -4.55. The van der Waals surface area contributed by atoms with Crippen molar-refractivity contribution in [2.24, 2.45) is 5.73 Å². The van der Waals surface area contributed by atoms with Gasteiger partial charge < -0.3 is 15.7 Å². The number of amidine groups is 1. The first-order chi connectivity index (χ1) is 9.77. The van der Waals surface area contributed by atoms with Crippen LogP contribution in [0.5, 0.6) is 0 Å². The monoisotopic (exact) mass is 303 g/mol. The highest BCUT2D eigenvalue weighted by Crippen LogP contribution is 2.34. The second-order valence-corrected chi connectivity index (χ2v) is 4.85. The number of hydrogen-bond donors (Lipinski definition) is 3. The van der Waals surface area contributed by atoms with E-state index in [1.54, 1.807) is 11.9 Å². The number of unbranched alkanes of at least 4 members (excludes halogenated alkanes) is 2. The summed E-state index contributed by atoms with van der Waals surface area (Å²) < 4.78 is 39.0. The fourth-order valence-electron chi connectivity index (χ4n) is 2.01. The number of hydrogen-bond acceptors (Lipinski definition) is 3. The number of anilines is 1. The Morgan fingerprint density at radius 3 is 2.48 bits per heavy atom. The summed E-state index contributed by atoms with van der Waals surface area (Å²) in [6.07, 6.45) is -2.26. The summed E-state index contributed by atoms with van der Waals surface area (Å²) in [7, 11) is 1.71. The fraction of sp³-hybridized carbons (Fsp3) is 0.500. The topological polar surface area (TPSA) is 73.3 Å². The lowest BCUT2D eigenvalue weighted by Crippen LogP contribution is -2.22. The number of aliphatic hydroxyl groups is 1. The minimum Gasteiger partial charge on any atom is -0.396 e. The number of nitrogens with one attached hydrogen (secondary N) is 1. The normalized spacial score (nSPS) is 11.5. The van der Waals surface area contributed by atoms with Crippen molar-refractivity contribution in [3.8, 4) is 0 Å². The van der Waals surface area contributed by atoms with Gasteiger partial charge in [0.05, 0.1) is 5.56 Å². The van der Waals surface area contributed by atoms with Gasteiger partial charge in [0.15, 0.2) is 0 Å². The Hall–Kier alpha value is -1.76. The SMILES string of the molecule is CN(CCCCCO)c1ccc(C(=N)N)c(C(F)(F)F)c1. The van der Waals surface area contributed by atoms with Crippen LogP contribution in [0, 0.1) is 5.41 Å². The van der Waals surface area contributed by atoms with E-state index >= 15 is 0 Å². The van der Waals surface area contributed by atoms with Crippen molar-refractivity contribution >= 4 is 11.5 Å². The molecule has 0 atom stereocenters. The fourth-order valence-corrected chi connectivity index (χ4v) is 2.01. The molecule has 4 nitrogen and oxygen atoms in total. The number of alkyl halides is 3. The Balaban J connectivity index is 2.92. The van der Waals surface area contributed by atoms with Gasteiger partial charge in [-0.3, -0.25) is 5.41 Å². The lowest BCUT2D eigenvalue weighted by molar-refractivity contribution is -0.137. The van der Waals surface area contributed by atoms with Crippen LogP contribution in [-0.2, 0) is 6.18 Å². The zero-order valence-electron chi connectivity index (χ0n) is 11.9. The molecule has 0 aliphatic rings. The highest BCUT2D eigenvalue weighted by atomic mass is 19.4. The maximum absolute atomic E-state index is 13.0. The smallest absolute Gasteiger partial charge is 0.396 e. The quantitative estimate of drug-likeness (QED) is 0.412. The molecule has 1 aromatic carbocycles. The van der Waals surface area contributed by atoms with Gasteiger partial charge in [0.25, 0.3) is 0 Å². The maximum Gasteiger partial charge on any atom is 0.417 e. The summed E-state index contributed by atoms with van der Waals surface area (Å²) in [5, 5.41) is 15.9. The number of benzene rings is 1. The van der Waals surface area contributed by atoms with E-state index in [4.69, 9.17) is 16.2 Å². The molecule has 0 spiro atoms. The largest absolute Gasteiger partial charge is 0.417 e. The Kier molecular flexibility index (Phi) is 6.02. The molecule has 0 unspecified atom stereocenters. The molecule has 0 aliphatic carbocycles. The highest BCUT2D eigenvalue weighted by Gasteiger charge is 2.34. The van der Waals surface area contributed by atoms with Gasteiger partial charge in [-0.1, -0.05) is 0 Å². The van der Waals surface area contributed by atoms with Gasteiger partial charge in [0.1, 0.15) is 5.84 Å². The Morgan fingerprint density at radius 2 is 1.95 bits per heavy atom. The Morgan fingerprint density at radius 1 is 1.29 bits per heavy atom. The maximum atomic E-state index is 13.0. The average Bonchev–Trinajstić information content (AvgIpc) is 2.41. The first-order valence-electron chi connectivity index (χ1n) is 6.65. The van der Waals surface area contributed by atoms with E-state index < -0.39 is 17.6 Å². The minimum absolute atomic E-state index is 0.120. The third-order valence-electron chi connectivity index (χ3n) is 3.19. The summed E-state index contributed by atoms with van der Waals surface area (Å²) >= 11 is 0. The summed E-state index contributed by atoms with van der Waals surface area (Å²) in [5.74, 6) is -0.598. The van der Waals surface area contributed by atoms with Gasteiger partial charge in [-0.25, -0.2) is 0 Å². The number of nitrogens with two attached hydrogens (primary N) is 1. The lowest BCUT2D eigenvalue weighted by Gasteiger charge is -2.22. The molecule has 0 aromatic heterocycles. The van der Waals surface area contributed by atoms with Crippen LogP contribution in [0.15, 0.2) is 18.2 Å². The van der Waals surface area contributed by atoms with Crippen LogP contribution in [0.2, 0.25) is 0 Å². The molecule has 0 saturated heterocycles. The molecule has 0 heterocycles. The van der Waals surface area contributed by atoms with Crippen LogP contribution < -0.4 is 10.6 Å². The number of nitrogens with zero attached hydrogens (tertiary/aromatic N) is 1. The van der Waals surface area contributed by atoms with Crippen molar-refractivity contribution < 1.29 is 18.3 Å². The van der Waals surface area contributed by atoms with Gasteiger partial charge >= 0.3 is 6.18 Å². The summed E-state index contributed by atoms with van der Waals surface area (Å²) in [4.78, 5) is 1.72. The Labute approximate surface area is 121 Å². The molecule has 1 aromatic rings. The van der Waals surface area contributed by atoms with E-state index in [9.17, 15) is 13.2 Å². The van der Waals surface area contributed by atoms with Crippen LogP contribution in [0.25, 0.3) is 0 Å². The summed E-state index contributed by atoms with van der Waals surface area (Å²) in [5.41, 5.74) is 4.42. The van der Waals surface area contributed by atoms with Crippen molar-refractivity contribution in [3.63, 3.8) is 0 Å². The first kappa shape index (κ1) is 17.3. The number of aliphatic hydroxyl groups excluding tert-OH is 1. The second kappa shape index (κ2) is 7.31. The van der Waals surface area contributed by atoms with Crippen LogP contribution in [0.3, 0.4) is 0 Å². The van der Waals surface area contributed by atoms with Gasteiger partial charge in [0, 0.05) is 31.5 Å². The third kappa shape index (κ3) is 4.93. The summed E-state index contributed by atoms with van der Waals surface area (Å²) in [6.45, 7) is 0.714.